The second kappa shape index (κ2) is 7.74. The number of primary amides is 1. The zero-order valence-corrected chi connectivity index (χ0v) is 16.4. The van der Waals surface area contributed by atoms with Gasteiger partial charge >= 0.3 is 0 Å². The third-order valence-corrected chi connectivity index (χ3v) is 4.40. The Labute approximate surface area is 171 Å². The Morgan fingerprint density at radius 1 is 1.17 bits per heavy atom. The Morgan fingerprint density at radius 3 is 2.70 bits per heavy atom. The lowest BCUT2D eigenvalue weighted by molar-refractivity contribution is 0.0993. The molecule has 1 aromatic carbocycles. The Bertz CT molecular complexity index is 1240. The fourth-order valence-corrected chi connectivity index (χ4v) is 2.96. The van der Waals surface area contributed by atoms with Crippen LogP contribution in [0, 0.1) is 5.82 Å². The highest BCUT2D eigenvalue weighted by Crippen LogP contribution is 2.24. The molecule has 0 saturated heterocycles. The zero-order valence-electron chi connectivity index (χ0n) is 16.4. The molecule has 1 amide bonds. The molecule has 3 N–H and O–H groups in total. The molecule has 0 bridgehead atoms. The van der Waals surface area contributed by atoms with E-state index in [1.165, 1.54) is 16.6 Å². The van der Waals surface area contributed by atoms with Crippen LogP contribution in [0.4, 0.5) is 16.3 Å². The van der Waals surface area contributed by atoms with Gasteiger partial charge in [-0.15, -0.1) is 0 Å². The van der Waals surface area contributed by atoms with Gasteiger partial charge in [0, 0.05) is 20.6 Å². The van der Waals surface area contributed by atoms with E-state index >= 15 is 0 Å². The molecule has 3 heterocycles. The number of carbonyl (C=O) groups excluding carboxylic acids is 1. The summed E-state index contributed by atoms with van der Waals surface area (Å²) in [5.74, 6) is 0.256. The number of aromatic nitrogens is 5. The second-order valence-corrected chi connectivity index (χ2v) is 6.79. The number of rotatable bonds is 6. The van der Waals surface area contributed by atoms with Crippen LogP contribution in [-0.4, -0.2) is 44.6 Å². The number of hydrogen-bond acceptors (Lipinski definition) is 7. The van der Waals surface area contributed by atoms with Crippen LogP contribution >= 0.6 is 0 Å². The Morgan fingerprint density at radius 2 is 1.97 bits per heavy atom. The van der Waals surface area contributed by atoms with Gasteiger partial charge in [0.05, 0.1) is 17.3 Å². The highest BCUT2D eigenvalue weighted by atomic mass is 19.1. The molecule has 3 aromatic heterocycles. The molecule has 0 atom stereocenters. The third kappa shape index (κ3) is 3.75. The molecule has 0 unspecified atom stereocenters. The lowest BCUT2D eigenvalue weighted by atomic mass is 10.2. The molecule has 0 aliphatic carbocycles. The molecule has 4 aromatic rings. The normalized spacial score (nSPS) is 10.9. The molecule has 0 saturated carbocycles. The van der Waals surface area contributed by atoms with Crippen molar-refractivity contribution in [2.75, 3.05) is 24.3 Å². The van der Waals surface area contributed by atoms with Crippen LogP contribution < -0.4 is 16.0 Å². The minimum Gasteiger partial charge on any atom is -0.364 e. The maximum Gasteiger partial charge on any atom is 0.267 e. The summed E-state index contributed by atoms with van der Waals surface area (Å²) in [5, 5.41) is 7.37. The number of halogens is 1. The number of fused-ring (bicyclic) bond motifs is 1. The van der Waals surface area contributed by atoms with Crippen molar-refractivity contribution in [3.8, 4) is 11.4 Å². The van der Waals surface area contributed by atoms with Gasteiger partial charge in [-0.3, -0.25) is 4.79 Å². The molecule has 152 valence electrons. The monoisotopic (exact) mass is 406 g/mol. The average molecular weight is 406 g/mol. The first-order valence-electron chi connectivity index (χ1n) is 9.11. The van der Waals surface area contributed by atoms with E-state index in [-0.39, 0.29) is 11.5 Å². The summed E-state index contributed by atoms with van der Waals surface area (Å²) in [4.78, 5) is 26.8. The van der Waals surface area contributed by atoms with Crippen LogP contribution in [-0.2, 0) is 6.54 Å². The van der Waals surface area contributed by atoms with E-state index in [1.54, 1.807) is 35.4 Å². The van der Waals surface area contributed by atoms with Crippen molar-refractivity contribution in [3.63, 3.8) is 0 Å². The molecule has 0 fully saturated rings. The quantitative estimate of drug-likeness (QED) is 0.504. The summed E-state index contributed by atoms with van der Waals surface area (Å²) < 4.78 is 14.9. The SMILES string of the molecule is CN(C)c1nc(NCc2cccc(F)c2)nc(-c2cnn3c(C(N)=O)cccc23)n1. The molecular formula is C20H19FN8O. The van der Waals surface area contributed by atoms with E-state index in [0.717, 1.165) is 5.56 Å². The van der Waals surface area contributed by atoms with Crippen molar-refractivity contribution < 1.29 is 9.18 Å². The highest BCUT2D eigenvalue weighted by molar-refractivity contribution is 5.92. The summed E-state index contributed by atoms with van der Waals surface area (Å²) in [5.41, 5.74) is 7.71. The molecule has 0 aliphatic rings. The van der Waals surface area contributed by atoms with E-state index in [2.05, 4.69) is 25.4 Å². The van der Waals surface area contributed by atoms with Gasteiger partial charge in [0.25, 0.3) is 5.91 Å². The smallest absolute Gasteiger partial charge is 0.267 e. The highest BCUT2D eigenvalue weighted by Gasteiger charge is 2.16. The molecule has 0 radical (unpaired) electrons. The van der Waals surface area contributed by atoms with E-state index in [9.17, 15) is 9.18 Å². The van der Waals surface area contributed by atoms with Crippen LogP contribution in [0.1, 0.15) is 16.1 Å². The Hall–Kier alpha value is -4.08. The second-order valence-electron chi connectivity index (χ2n) is 6.79. The number of carbonyl (C=O) groups is 1. The largest absolute Gasteiger partial charge is 0.364 e. The van der Waals surface area contributed by atoms with Crippen LogP contribution in [0.15, 0.2) is 48.7 Å². The fourth-order valence-electron chi connectivity index (χ4n) is 2.96. The van der Waals surface area contributed by atoms with Gasteiger partial charge in [-0.2, -0.15) is 20.1 Å². The first kappa shape index (κ1) is 19.2. The maximum atomic E-state index is 13.4. The lowest BCUT2D eigenvalue weighted by Crippen LogP contribution is -2.16. The molecule has 0 spiro atoms. The van der Waals surface area contributed by atoms with Gasteiger partial charge in [-0.25, -0.2) is 8.91 Å². The van der Waals surface area contributed by atoms with Crippen LogP contribution in [0.3, 0.4) is 0 Å². The minimum absolute atomic E-state index is 0.255. The molecule has 0 aliphatic heterocycles. The number of benzene rings is 1. The third-order valence-electron chi connectivity index (χ3n) is 4.40. The number of pyridine rings is 1. The van der Waals surface area contributed by atoms with Crippen molar-refractivity contribution in [3.05, 3.63) is 65.7 Å². The fraction of sp³-hybridized carbons (Fsp3) is 0.150. The molecular weight excluding hydrogens is 387 g/mol. The van der Waals surface area contributed by atoms with E-state index in [4.69, 9.17) is 5.73 Å². The van der Waals surface area contributed by atoms with Crippen LogP contribution in [0.2, 0.25) is 0 Å². The van der Waals surface area contributed by atoms with Crippen molar-refractivity contribution in [2.45, 2.75) is 6.54 Å². The van der Waals surface area contributed by atoms with Crippen molar-refractivity contribution in [1.29, 1.82) is 0 Å². The molecule has 10 heteroatoms. The van der Waals surface area contributed by atoms with Crippen LogP contribution in [0.5, 0.6) is 0 Å². The summed E-state index contributed by atoms with van der Waals surface area (Å²) in [6, 6.07) is 11.4. The molecule has 4 rings (SSSR count). The first-order valence-corrected chi connectivity index (χ1v) is 9.11. The van der Waals surface area contributed by atoms with Gasteiger partial charge in [0.2, 0.25) is 11.9 Å². The number of nitrogens with two attached hydrogens (primary N) is 1. The van der Waals surface area contributed by atoms with Gasteiger partial charge in [0.15, 0.2) is 5.82 Å². The van der Waals surface area contributed by atoms with E-state index < -0.39 is 5.91 Å². The van der Waals surface area contributed by atoms with Gasteiger partial charge in [-0.1, -0.05) is 18.2 Å². The maximum absolute atomic E-state index is 13.4. The van der Waals surface area contributed by atoms with E-state index in [1.807, 2.05) is 20.2 Å². The standard InChI is InChI=1S/C20H19FN8O/c1-28(2)20-26-18(14-11-24-29-15(14)7-4-8-16(29)17(22)30)25-19(27-20)23-10-12-5-3-6-13(21)9-12/h3-9,11H,10H2,1-2H3,(H2,22,30)(H,23,25,26,27). The summed E-state index contributed by atoms with van der Waals surface area (Å²) >= 11 is 0. The summed E-state index contributed by atoms with van der Waals surface area (Å²) in [7, 11) is 3.63. The Balaban J connectivity index is 1.74. The predicted molar refractivity (Wildman–Crippen MR) is 111 cm³/mol. The first-order chi connectivity index (χ1) is 14.4. The number of anilines is 2. The van der Waals surface area contributed by atoms with Gasteiger partial charge in [-0.05, 0) is 29.8 Å². The lowest BCUT2D eigenvalue weighted by Gasteiger charge is -2.13. The summed E-state index contributed by atoms with van der Waals surface area (Å²) in [6.07, 6.45) is 1.58. The zero-order chi connectivity index (χ0) is 21.3. The van der Waals surface area contributed by atoms with Crippen molar-refractivity contribution in [2.24, 2.45) is 5.73 Å². The number of nitrogens with zero attached hydrogens (tertiary/aromatic N) is 6. The number of nitrogens with one attached hydrogen (secondary N) is 1. The van der Waals surface area contributed by atoms with Crippen LogP contribution in [0.25, 0.3) is 16.9 Å². The number of amides is 1. The minimum atomic E-state index is -0.586. The van der Waals surface area contributed by atoms with E-state index in [0.29, 0.717) is 35.3 Å². The van der Waals surface area contributed by atoms with Gasteiger partial charge < -0.3 is 16.0 Å². The topological polar surface area (TPSA) is 114 Å². The van der Waals surface area contributed by atoms with Gasteiger partial charge in [0.1, 0.15) is 11.5 Å². The molecule has 9 nitrogen and oxygen atoms in total. The summed E-state index contributed by atoms with van der Waals surface area (Å²) in [6.45, 7) is 0.342. The van der Waals surface area contributed by atoms with Crippen molar-refractivity contribution >= 4 is 23.3 Å². The number of hydrogen-bond donors (Lipinski definition) is 2. The predicted octanol–water partition coefficient (Wildman–Crippen LogP) is 2.10. The molecule has 30 heavy (non-hydrogen) atoms. The van der Waals surface area contributed by atoms with Crippen molar-refractivity contribution in [1.82, 2.24) is 24.6 Å². The average Bonchev–Trinajstić information content (AvgIpc) is 3.16. The Kier molecular flexibility index (Phi) is 4.97.